The molecule has 1 aromatic carbocycles. The fourth-order valence-electron chi connectivity index (χ4n) is 2.75. The van der Waals surface area contributed by atoms with E-state index in [-0.39, 0.29) is 11.3 Å². The number of nitrogens with one attached hydrogen (secondary N) is 2. The lowest BCUT2D eigenvalue weighted by atomic mass is 9.62. The maximum atomic E-state index is 11.3. The van der Waals surface area contributed by atoms with Gasteiger partial charge in [-0.05, 0) is 25.3 Å². The summed E-state index contributed by atoms with van der Waals surface area (Å²) < 4.78 is 0. The predicted molar refractivity (Wildman–Crippen MR) is 78.1 cm³/mol. The Morgan fingerprint density at radius 2 is 2.10 bits per heavy atom. The Morgan fingerprint density at radius 1 is 1.40 bits per heavy atom. The van der Waals surface area contributed by atoms with Crippen molar-refractivity contribution in [1.82, 2.24) is 10.6 Å². The number of nitriles is 1. The molecule has 0 unspecified atom stereocenters. The first-order chi connectivity index (χ1) is 9.70. The summed E-state index contributed by atoms with van der Waals surface area (Å²) in [6.07, 6.45) is 2.14. The first-order valence-electron chi connectivity index (χ1n) is 7.17. The number of carbonyl (C=O) groups is 1. The smallest absolute Gasteiger partial charge is 0.221 e. The van der Waals surface area contributed by atoms with Crippen molar-refractivity contribution in [3.63, 3.8) is 0 Å². The molecule has 0 spiro atoms. The van der Waals surface area contributed by atoms with Crippen molar-refractivity contribution in [2.75, 3.05) is 13.1 Å². The molecule has 1 aromatic rings. The van der Waals surface area contributed by atoms with E-state index in [4.69, 9.17) is 0 Å². The lowest BCUT2D eigenvalue weighted by Gasteiger charge is -2.43. The van der Waals surface area contributed by atoms with Crippen LogP contribution in [0, 0.1) is 11.3 Å². The highest BCUT2D eigenvalue weighted by Gasteiger charge is 2.45. The SMILES string of the molecule is CCNC(=O)CCNC1CC(C#N)(c2ccccc2)C1. The zero-order chi connectivity index (χ0) is 14.4. The van der Waals surface area contributed by atoms with Crippen LogP contribution in [0.4, 0.5) is 0 Å². The monoisotopic (exact) mass is 271 g/mol. The van der Waals surface area contributed by atoms with Crippen LogP contribution >= 0.6 is 0 Å². The zero-order valence-corrected chi connectivity index (χ0v) is 11.9. The third-order valence-corrected chi connectivity index (χ3v) is 3.89. The van der Waals surface area contributed by atoms with Crippen LogP contribution in [0.25, 0.3) is 0 Å². The van der Waals surface area contributed by atoms with Crippen LogP contribution in [-0.4, -0.2) is 25.0 Å². The molecule has 2 rings (SSSR count). The van der Waals surface area contributed by atoms with Gasteiger partial charge < -0.3 is 10.6 Å². The average molecular weight is 271 g/mol. The molecule has 2 N–H and O–H groups in total. The van der Waals surface area contributed by atoms with Crippen LogP contribution in [0.2, 0.25) is 0 Å². The number of benzene rings is 1. The first-order valence-corrected chi connectivity index (χ1v) is 7.17. The normalized spacial score (nSPS) is 24.5. The van der Waals surface area contributed by atoms with Gasteiger partial charge in [0.15, 0.2) is 0 Å². The molecule has 20 heavy (non-hydrogen) atoms. The van der Waals surface area contributed by atoms with Crippen LogP contribution in [-0.2, 0) is 10.2 Å². The molecule has 106 valence electrons. The molecular formula is C16H21N3O. The second kappa shape index (κ2) is 6.53. The summed E-state index contributed by atoms with van der Waals surface area (Å²) in [5.74, 6) is 0.0777. The van der Waals surface area contributed by atoms with Crippen LogP contribution in [0.1, 0.15) is 31.7 Å². The topological polar surface area (TPSA) is 64.9 Å². The van der Waals surface area contributed by atoms with E-state index in [0.29, 0.717) is 25.6 Å². The van der Waals surface area contributed by atoms with Gasteiger partial charge in [0, 0.05) is 25.6 Å². The van der Waals surface area contributed by atoms with Gasteiger partial charge in [-0.2, -0.15) is 5.26 Å². The highest BCUT2D eigenvalue weighted by Crippen LogP contribution is 2.43. The number of carbonyl (C=O) groups excluding carboxylic acids is 1. The van der Waals surface area contributed by atoms with Crippen molar-refractivity contribution in [1.29, 1.82) is 5.26 Å². The Hall–Kier alpha value is -1.86. The number of hydrogen-bond donors (Lipinski definition) is 2. The molecule has 1 amide bonds. The van der Waals surface area contributed by atoms with Crippen molar-refractivity contribution < 1.29 is 4.79 Å². The lowest BCUT2D eigenvalue weighted by Crippen LogP contribution is -2.51. The fraction of sp³-hybridized carbons (Fsp3) is 0.500. The van der Waals surface area contributed by atoms with Gasteiger partial charge in [-0.1, -0.05) is 30.3 Å². The summed E-state index contributed by atoms with van der Waals surface area (Å²) in [6, 6.07) is 12.8. The van der Waals surface area contributed by atoms with Crippen molar-refractivity contribution >= 4 is 5.91 Å². The lowest BCUT2D eigenvalue weighted by molar-refractivity contribution is -0.120. The maximum absolute atomic E-state index is 11.3. The van der Waals surface area contributed by atoms with Crippen molar-refractivity contribution in [3.05, 3.63) is 35.9 Å². The third-order valence-electron chi connectivity index (χ3n) is 3.89. The molecule has 1 aliphatic rings. The minimum atomic E-state index is -0.343. The largest absolute Gasteiger partial charge is 0.356 e. The van der Waals surface area contributed by atoms with E-state index < -0.39 is 0 Å². The summed E-state index contributed by atoms with van der Waals surface area (Å²) in [7, 11) is 0. The molecule has 0 aromatic heterocycles. The van der Waals surface area contributed by atoms with Crippen LogP contribution in [0.15, 0.2) is 30.3 Å². The van der Waals surface area contributed by atoms with Gasteiger partial charge in [0.25, 0.3) is 0 Å². The predicted octanol–water partition coefficient (Wildman–Crippen LogP) is 1.73. The molecule has 4 heteroatoms. The summed E-state index contributed by atoms with van der Waals surface area (Å²) >= 11 is 0. The minimum absolute atomic E-state index is 0.0777. The molecule has 0 bridgehead atoms. The molecule has 0 radical (unpaired) electrons. The molecule has 0 aliphatic heterocycles. The quantitative estimate of drug-likeness (QED) is 0.828. The molecule has 0 atom stereocenters. The number of nitrogens with zero attached hydrogens (tertiary/aromatic N) is 1. The second-order valence-corrected chi connectivity index (χ2v) is 5.32. The van der Waals surface area contributed by atoms with E-state index >= 15 is 0 Å². The van der Waals surface area contributed by atoms with Gasteiger partial charge in [-0.25, -0.2) is 0 Å². The van der Waals surface area contributed by atoms with Gasteiger partial charge in [0.1, 0.15) is 0 Å². The van der Waals surface area contributed by atoms with Crippen LogP contribution < -0.4 is 10.6 Å². The highest BCUT2D eigenvalue weighted by atomic mass is 16.1. The van der Waals surface area contributed by atoms with E-state index in [1.54, 1.807) is 0 Å². The zero-order valence-electron chi connectivity index (χ0n) is 11.9. The van der Waals surface area contributed by atoms with E-state index in [2.05, 4.69) is 16.7 Å². The molecule has 0 saturated heterocycles. The third kappa shape index (κ3) is 3.17. The molecule has 1 fully saturated rings. The second-order valence-electron chi connectivity index (χ2n) is 5.32. The van der Waals surface area contributed by atoms with Crippen LogP contribution in [0.5, 0.6) is 0 Å². The Balaban J connectivity index is 1.78. The summed E-state index contributed by atoms with van der Waals surface area (Å²) in [4.78, 5) is 11.3. The molecule has 0 heterocycles. The van der Waals surface area contributed by atoms with Crippen LogP contribution in [0.3, 0.4) is 0 Å². The van der Waals surface area contributed by atoms with Gasteiger partial charge in [-0.3, -0.25) is 4.79 Å². The summed E-state index contributed by atoms with van der Waals surface area (Å²) in [6.45, 7) is 3.26. The standard InChI is InChI=1S/C16H21N3O/c1-2-18-15(20)8-9-19-14-10-16(11-14,12-17)13-6-4-3-5-7-13/h3-7,14,19H,2,8-11H2,1H3,(H,18,20). The average Bonchev–Trinajstić information content (AvgIpc) is 2.43. The Kier molecular flexibility index (Phi) is 4.75. The van der Waals surface area contributed by atoms with Gasteiger partial charge in [0.05, 0.1) is 11.5 Å². The Bertz CT molecular complexity index is 486. The Morgan fingerprint density at radius 3 is 2.70 bits per heavy atom. The first kappa shape index (κ1) is 14.5. The Labute approximate surface area is 120 Å². The number of hydrogen-bond acceptors (Lipinski definition) is 3. The van der Waals surface area contributed by atoms with Crippen molar-refractivity contribution in [2.45, 2.75) is 37.6 Å². The molecular weight excluding hydrogens is 250 g/mol. The number of amides is 1. The maximum Gasteiger partial charge on any atom is 0.221 e. The fourth-order valence-corrected chi connectivity index (χ4v) is 2.75. The summed E-state index contributed by atoms with van der Waals surface area (Å²) in [5, 5.41) is 15.6. The molecule has 1 saturated carbocycles. The number of rotatable bonds is 6. The molecule has 1 aliphatic carbocycles. The van der Waals surface area contributed by atoms with E-state index in [1.165, 1.54) is 0 Å². The van der Waals surface area contributed by atoms with E-state index in [0.717, 1.165) is 18.4 Å². The van der Waals surface area contributed by atoms with Crippen molar-refractivity contribution in [2.24, 2.45) is 0 Å². The molecule has 4 nitrogen and oxygen atoms in total. The van der Waals surface area contributed by atoms with E-state index in [9.17, 15) is 10.1 Å². The van der Waals surface area contributed by atoms with Gasteiger partial charge >= 0.3 is 0 Å². The highest BCUT2D eigenvalue weighted by molar-refractivity contribution is 5.75. The minimum Gasteiger partial charge on any atom is -0.356 e. The van der Waals surface area contributed by atoms with E-state index in [1.807, 2.05) is 37.3 Å². The van der Waals surface area contributed by atoms with Gasteiger partial charge in [0.2, 0.25) is 5.91 Å². The summed E-state index contributed by atoms with van der Waals surface area (Å²) in [5.41, 5.74) is 0.759. The van der Waals surface area contributed by atoms with Crippen molar-refractivity contribution in [3.8, 4) is 6.07 Å². The van der Waals surface area contributed by atoms with Gasteiger partial charge in [-0.15, -0.1) is 0 Å².